The third kappa shape index (κ3) is 2.78. The molecule has 0 unspecified atom stereocenters. The number of pyridine rings is 1. The molecule has 15 heavy (non-hydrogen) atoms. The molecular weight excluding hydrogens is 311 g/mol. The molecule has 1 aromatic heterocycles. The Bertz CT molecular complexity index is 428. The van der Waals surface area contributed by atoms with E-state index in [1.54, 1.807) is 6.07 Å². The van der Waals surface area contributed by atoms with Crippen LogP contribution in [0.15, 0.2) is 10.9 Å². The average molecular weight is 322 g/mol. The largest absolute Gasteiger partial charge is 0.324 e. The Labute approximate surface area is 100 Å². The highest BCUT2D eigenvalue weighted by Gasteiger charge is 2.12. The molecule has 5 nitrogen and oxygen atoms in total. The molecular formula is C9H11IN2O3. The van der Waals surface area contributed by atoms with Crippen molar-refractivity contribution in [1.29, 1.82) is 0 Å². The van der Waals surface area contributed by atoms with E-state index in [-0.39, 0.29) is 5.56 Å². The van der Waals surface area contributed by atoms with Crippen molar-refractivity contribution in [2.45, 2.75) is 13.3 Å². The summed E-state index contributed by atoms with van der Waals surface area (Å²) < 4.78 is 0.857. The molecule has 0 aliphatic carbocycles. The monoisotopic (exact) mass is 322 g/mol. The normalized spacial score (nSPS) is 10.1. The Balaban J connectivity index is 3.16. The van der Waals surface area contributed by atoms with Crippen molar-refractivity contribution in [3.05, 3.63) is 31.2 Å². The molecule has 0 saturated carbocycles. The number of carbonyl (C=O) groups excluding carboxylic acids is 1. The van der Waals surface area contributed by atoms with Crippen LogP contribution in [0.1, 0.15) is 23.0 Å². The van der Waals surface area contributed by atoms with Gasteiger partial charge in [-0.05, 0) is 35.1 Å². The van der Waals surface area contributed by atoms with E-state index in [0.717, 1.165) is 15.7 Å². The molecule has 1 heterocycles. The zero-order valence-electron chi connectivity index (χ0n) is 8.39. The summed E-state index contributed by atoms with van der Waals surface area (Å²) in [7, 11) is 1.32. The number of halogens is 1. The molecule has 0 bridgehead atoms. The number of rotatable bonds is 3. The summed E-state index contributed by atoms with van der Waals surface area (Å²) in [5, 5.41) is 0. The van der Waals surface area contributed by atoms with Gasteiger partial charge in [0.2, 0.25) is 0 Å². The van der Waals surface area contributed by atoms with Gasteiger partial charge in [-0.3, -0.25) is 14.4 Å². The van der Waals surface area contributed by atoms with Crippen LogP contribution in [0.4, 0.5) is 0 Å². The molecule has 1 amide bonds. The zero-order chi connectivity index (χ0) is 11.4. The number of aryl methyl sites for hydroxylation is 1. The molecule has 0 spiro atoms. The highest BCUT2D eigenvalue weighted by molar-refractivity contribution is 14.1. The summed E-state index contributed by atoms with van der Waals surface area (Å²) in [4.78, 5) is 30.0. The fourth-order valence-electron chi connectivity index (χ4n) is 1.12. The lowest BCUT2D eigenvalue weighted by atomic mass is 10.2. The molecule has 0 saturated heterocycles. The summed E-state index contributed by atoms with van der Waals surface area (Å²) in [5.74, 6) is -0.542. The maximum Gasteiger partial charge on any atom is 0.280 e. The van der Waals surface area contributed by atoms with Gasteiger partial charge in [-0.15, -0.1) is 0 Å². The standard InChI is InChI=1S/C9H11IN2O3/c1-3-7-6(10)4-5(8(13)11-7)9(14)12-15-2/h4H,3H2,1-2H3,(H,11,13)(H,12,14). The first-order valence-electron chi connectivity index (χ1n) is 4.35. The second-order valence-electron chi connectivity index (χ2n) is 2.83. The molecule has 2 N–H and O–H groups in total. The maximum atomic E-state index is 11.5. The highest BCUT2D eigenvalue weighted by Crippen LogP contribution is 2.09. The predicted octanol–water partition coefficient (Wildman–Crippen LogP) is 0.833. The van der Waals surface area contributed by atoms with Gasteiger partial charge in [0.15, 0.2) is 0 Å². The number of aromatic amines is 1. The molecule has 0 aromatic carbocycles. The van der Waals surface area contributed by atoms with Crippen molar-refractivity contribution >= 4 is 28.5 Å². The Morgan fingerprint density at radius 3 is 2.87 bits per heavy atom. The zero-order valence-corrected chi connectivity index (χ0v) is 10.5. The first-order chi connectivity index (χ1) is 7.10. The summed E-state index contributed by atoms with van der Waals surface area (Å²) in [6.07, 6.45) is 0.722. The Kier molecular flexibility index (Phi) is 4.28. The van der Waals surface area contributed by atoms with E-state index in [1.807, 2.05) is 6.92 Å². The van der Waals surface area contributed by atoms with E-state index in [4.69, 9.17) is 0 Å². The minimum Gasteiger partial charge on any atom is -0.324 e. The quantitative estimate of drug-likeness (QED) is 0.640. The minimum absolute atomic E-state index is 0.0541. The molecule has 0 aliphatic heterocycles. The van der Waals surface area contributed by atoms with E-state index in [2.05, 4.69) is 37.9 Å². The van der Waals surface area contributed by atoms with E-state index < -0.39 is 11.5 Å². The SMILES string of the molecule is CCc1[nH]c(=O)c(C(=O)NOC)cc1I. The van der Waals surface area contributed by atoms with Crippen LogP contribution in [-0.2, 0) is 11.3 Å². The van der Waals surface area contributed by atoms with Crippen molar-refractivity contribution in [3.8, 4) is 0 Å². The van der Waals surface area contributed by atoms with Gasteiger partial charge in [0.05, 0.1) is 7.11 Å². The van der Waals surface area contributed by atoms with Crippen LogP contribution in [0.3, 0.4) is 0 Å². The van der Waals surface area contributed by atoms with Crippen molar-refractivity contribution < 1.29 is 9.63 Å². The van der Waals surface area contributed by atoms with Crippen molar-refractivity contribution in [2.24, 2.45) is 0 Å². The third-order valence-corrected chi connectivity index (χ3v) is 2.82. The van der Waals surface area contributed by atoms with Crippen LogP contribution < -0.4 is 11.0 Å². The van der Waals surface area contributed by atoms with Crippen molar-refractivity contribution in [2.75, 3.05) is 7.11 Å². The fourth-order valence-corrected chi connectivity index (χ4v) is 1.94. The molecule has 82 valence electrons. The van der Waals surface area contributed by atoms with E-state index in [0.29, 0.717) is 0 Å². The number of carbonyl (C=O) groups is 1. The number of hydroxylamine groups is 1. The Morgan fingerprint density at radius 1 is 1.67 bits per heavy atom. The van der Waals surface area contributed by atoms with Crippen LogP contribution in [0.5, 0.6) is 0 Å². The predicted molar refractivity (Wildman–Crippen MR) is 63.6 cm³/mol. The maximum absolute atomic E-state index is 11.5. The van der Waals surface area contributed by atoms with Gasteiger partial charge >= 0.3 is 0 Å². The highest BCUT2D eigenvalue weighted by atomic mass is 127. The van der Waals surface area contributed by atoms with E-state index in [1.165, 1.54) is 7.11 Å². The number of hydrogen-bond acceptors (Lipinski definition) is 3. The van der Waals surface area contributed by atoms with E-state index >= 15 is 0 Å². The molecule has 1 rings (SSSR count). The number of H-pyrrole nitrogens is 1. The van der Waals surface area contributed by atoms with Crippen LogP contribution in [0.2, 0.25) is 0 Å². The number of hydrogen-bond donors (Lipinski definition) is 2. The number of nitrogens with one attached hydrogen (secondary N) is 2. The van der Waals surface area contributed by atoms with Gasteiger partial charge in [0.25, 0.3) is 11.5 Å². The topological polar surface area (TPSA) is 71.2 Å². The van der Waals surface area contributed by atoms with Gasteiger partial charge in [0.1, 0.15) is 5.56 Å². The van der Waals surface area contributed by atoms with Gasteiger partial charge in [-0.1, -0.05) is 6.92 Å². The molecule has 0 fully saturated rings. The lowest BCUT2D eigenvalue weighted by molar-refractivity contribution is 0.0536. The molecule has 0 radical (unpaired) electrons. The second-order valence-corrected chi connectivity index (χ2v) is 3.99. The summed E-state index contributed by atoms with van der Waals surface area (Å²) in [5.41, 5.74) is 2.59. The fraction of sp³-hybridized carbons (Fsp3) is 0.333. The van der Waals surface area contributed by atoms with Crippen molar-refractivity contribution in [1.82, 2.24) is 10.5 Å². The molecule has 6 heteroatoms. The van der Waals surface area contributed by atoms with Gasteiger partial charge in [-0.25, -0.2) is 5.48 Å². The molecule has 1 aromatic rings. The van der Waals surface area contributed by atoms with Crippen LogP contribution in [0.25, 0.3) is 0 Å². The Hall–Kier alpha value is -0.890. The first kappa shape index (κ1) is 12.2. The number of amides is 1. The summed E-state index contributed by atoms with van der Waals surface area (Å²) in [6.45, 7) is 1.93. The lowest BCUT2D eigenvalue weighted by Crippen LogP contribution is -2.29. The average Bonchev–Trinajstić information content (AvgIpc) is 2.21. The lowest BCUT2D eigenvalue weighted by Gasteiger charge is -2.04. The number of aromatic nitrogens is 1. The van der Waals surface area contributed by atoms with E-state index in [9.17, 15) is 9.59 Å². The molecule has 0 atom stereocenters. The van der Waals surface area contributed by atoms with Gasteiger partial charge < -0.3 is 4.98 Å². The van der Waals surface area contributed by atoms with Crippen molar-refractivity contribution in [3.63, 3.8) is 0 Å². The van der Waals surface area contributed by atoms with Crippen LogP contribution >= 0.6 is 22.6 Å². The second kappa shape index (κ2) is 5.26. The Morgan fingerprint density at radius 2 is 2.33 bits per heavy atom. The smallest absolute Gasteiger partial charge is 0.280 e. The first-order valence-corrected chi connectivity index (χ1v) is 5.43. The summed E-state index contributed by atoms with van der Waals surface area (Å²) >= 11 is 2.07. The van der Waals surface area contributed by atoms with Gasteiger partial charge in [0, 0.05) is 9.26 Å². The minimum atomic E-state index is -0.542. The van der Waals surface area contributed by atoms with Crippen LogP contribution in [-0.4, -0.2) is 18.0 Å². The third-order valence-electron chi connectivity index (χ3n) is 1.86. The van der Waals surface area contributed by atoms with Gasteiger partial charge in [-0.2, -0.15) is 0 Å². The summed E-state index contributed by atoms with van der Waals surface area (Å²) in [6, 6.07) is 1.55. The van der Waals surface area contributed by atoms with Crippen LogP contribution in [0, 0.1) is 3.57 Å². The molecule has 0 aliphatic rings.